The highest BCUT2D eigenvalue weighted by molar-refractivity contribution is 5.65. The normalized spacial score (nSPS) is 19.3. The summed E-state index contributed by atoms with van der Waals surface area (Å²) >= 11 is 0. The van der Waals surface area contributed by atoms with Gasteiger partial charge in [-0.1, -0.05) is 31.2 Å². The Morgan fingerprint density at radius 3 is 2.47 bits per heavy atom. The summed E-state index contributed by atoms with van der Waals surface area (Å²) in [7, 11) is 0. The Morgan fingerprint density at radius 2 is 1.88 bits per heavy atom. The number of aryl methyl sites for hydroxylation is 1. The van der Waals surface area contributed by atoms with Gasteiger partial charge >= 0.3 is 0 Å². The first-order valence-electron chi connectivity index (χ1n) is 5.99. The van der Waals surface area contributed by atoms with E-state index < -0.39 is 0 Å². The number of carbonyl (C=O) groups excluding carboxylic acids is 1. The molecule has 1 unspecified atom stereocenters. The molecule has 0 amide bonds. The second kappa shape index (κ2) is 5.15. The summed E-state index contributed by atoms with van der Waals surface area (Å²) in [5.41, 5.74) is 10.7. The van der Waals surface area contributed by atoms with Crippen LogP contribution in [0.2, 0.25) is 0 Å². The maximum atomic E-state index is 10.9. The fourth-order valence-corrected chi connectivity index (χ4v) is 2.06. The molecule has 3 nitrogen and oxygen atoms in total. The van der Waals surface area contributed by atoms with Gasteiger partial charge in [-0.25, -0.2) is 5.43 Å². The Bertz CT molecular complexity index is 434. The lowest BCUT2D eigenvalue weighted by molar-refractivity contribution is -0.108. The highest BCUT2D eigenvalue weighted by Gasteiger charge is 2.21. The van der Waals surface area contributed by atoms with E-state index in [4.69, 9.17) is 0 Å². The van der Waals surface area contributed by atoms with Gasteiger partial charge in [-0.05, 0) is 36.5 Å². The number of hydrogen-bond donors (Lipinski definition) is 2. The quantitative estimate of drug-likeness (QED) is 0.774. The van der Waals surface area contributed by atoms with Gasteiger partial charge in [-0.15, -0.1) is 0 Å². The number of benzene rings is 1. The number of carbonyl (C=O) groups is 1. The first kappa shape index (κ1) is 11.9. The van der Waals surface area contributed by atoms with Crippen molar-refractivity contribution >= 4 is 6.29 Å². The van der Waals surface area contributed by atoms with Gasteiger partial charge in [0, 0.05) is 5.70 Å². The fourth-order valence-electron chi connectivity index (χ4n) is 2.06. The Labute approximate surface area is 102 Å². The first-order chi connectivity index (χ1) is 8.24. The van der Waals surface area contributed by atoms with E-state index in [0.29, 0.717) is 0 Å². The summed E-state index contributed by atoms with van der Waals surface area (Å²) in [5.74, 6) is 0. The van der Waals surface area contributed by atoms with Gasteiger partial charge in [-0.2, -0.15) is 0 Å². The van der Waals surface area contributed by atoms with Gasteiger partial charge in [-0.3, -0.25) is 0 Å². The third kappa shape index (κ3) is 2.56. The monoisotopic (exact) mass is 230 g/mol. The number of aldehydes is 1. The summed E-state index contributed by atoms with van der Waals surface area (Å²) < 4.78 is 0. The van der Waals surface area contributed by atoms with Crippen LogP contribution in [-0.4, -0.2) is 12.3 Å². The average molecular weight is 230 g/mol. The van der Waals surface area contributed by atoms with Gasteiger partial charge in [0.25, 0.3) is 0 Å². The lowest BCUT2D eigenvalue weighted by Crippen LogP contribution is -2.33. The second-order valence-electron chi connectivity index (χ2n) is 4.38. The molecular weight excluding hydrogens is 212 g/mol. The molecule has 0 spiro atoms. The molecule has 2 rings (SSSR count). The zero-order chi connectivity index (χ0) is 12.3. The lowest BCUT2D eigenvalue weighted by Gasteiger charge is -2.08. The maximum Gasteiger partial charge on any atom is 0.142 e. The molecule has 0 aromatic heterocycles. The van der Waals surface area contributed by atoms with Crippen molar-refractivity contribution in [1.82, 2.24) is 10.9 Å². The minimum atomic E-state index is -0.194. The van der Waals surface area contributed by atoms with E-state index in [1.54, 1.807) is 0 Å². The van der Waals surface area contributed by atoms with Crippen molar-refractivity contribution in [3.05, 3.63) is 46.7 Å². The zero-order valence-corrected chi connectivity index (χ0v) is 10.3. The van der Waals surface area contributed by atoms with E-state index >= 15 is 0 Å². The van der Waals surface area contributed by atoms with Crippen LogP contribution in [0.1, 0.15) is 25.0 Å². The summed E-state index contributed by atoms with van der Waals surface area (Å²) in [6.45, 7) is 4.14. The molecule has 0 saturated carbocycles. The fraction of sp³-hybridized carbons (Fsp3) is 0.357. The molecular formula is C14H18N2O. The van der Waals surface area contributed by atoms with Crippen LogP contribution < -0.4 is 10.9 Å². The van der Waals surface area contributed by atoms with E-state index in [1.165, 1.54) is 11.1 Å². The van der Waals surface area contributed by atoms with Crippen molar-refractivity contribution in [2.24, 2.45) is 0 Å². The van der Waals surface area contributed by atoms with Gasteiger partial charge in [0.05, 0.1) is 0 Å². The minimum Gasteiger partial charge on any atom is -0.325 e. The lowest BCUT2D eigenvalue weighted by atomic mass is 9.98. The van der Waals surface area contributed by atoms with E-state index in [0.717, 1.165) is 30.4 Å². The average Bonchev–Trinajstić information content (AvgIpc) is 2.71. The van der Waals surface area contributed by atoms with E-state index in [9.17, 15) is 4.79 Å². The summed E-state index contributed by atoms with van der Waals surface area (Å²) in [4.78, 5) is 10.9. The molecule has 3 heteroatoms. The Balaban J connectivity index is 2.14. The van der Waals surface area contributed by atoms with Crippen LogP contribution in [0.5, 0.6) is 0 Å². The number of rotatable bonds is 4. The molecule has 0 aliphatic carbocycles. The van der Waals surface area contributed by atoms with Gasteiger partial charge in [0.15, 0.2) is 0 Å². The van der Waals surface area contributed by atoms with Crippen LogP contribution in [0, 0.1) is 0 Å². The van der Waals surface area contributed by atoms with Crippen LogP contribution in [0.15, 0.2) is 35.5 Å². The van der Waals surface area contributed by atoms with Gasteiger partial charge < -0.3 is 10.2 Å². The smallest absolute Gasteiger partial charge is 0.142 e. The van der Waals surface area contributed by atoms with Crippen molar-refractivity contribution in [3.63, 3.8) is 0 Å². The molecule has 90 valence electrons. The van der Waals surface area contributed by atoms with E-state index in [2.05, 4.69) is 42.0 Å². The third-order valence-electron chi connectivity index (χ3n) is 3.23. The minimum absolute atomic E-state index is 0.194. The molecule has 2 N–H and O–H groups in total. The number of nitrogens with one attached hydrogen (secondary N) is 2. The highest BCUT2D eigenvalue weighted by atomic mass is 16.1. The van der Waals surface area contributed by atoms with Crippen LogP contribution in [0.25, 0.3) is 0 Å². The largest absolute Gasteiger partial charge is 0.325 e. The number of hydrogen-bond acceptors (Lipinski definition) is 3. The SMILES string of the molecule is CCc1ccc(CC2=C(C)NNC2C=O)cc1. The zero-order valence-electron chi connectivity index (χ0n) is 10.3. The molecule has 1 aliphatic rings. The van der Waals surface area contributed by atoms with Crippen molar-refractivity contribution < 1.29 is 4.79 Å². The topological polar surface area (TPSA) is 41.1 Å². The van der Waals surface area contributed by atoms with Crippen molar-refractivity contribution in [3.8, 4) is 0 Å². The molecule has 1 heterocycles. The third-order valence-corrected chi connectivity index (χ3v) is 3.23. The van der Waals surface area contributed by atoms with Crippen LogP contribution >= 0.6 is 0 Å². The molecule has 1 aliphatic heterocycles. The second-order valence-corrected chi connectivity index (χ2v) is 4.38. The molecule has 0 radical (unpaired) electrons. The molecule has 1 atom stereocenters. The van der Waals surface area contributed by atoms with Crippen molar-refractivity contribution in [2.75, 3.05) is 0 Å². The summed E-state index contributed by atoms with van der Waals surface area (Å²) in [6, 6.07) is 8.38. The Hall–Kier alpha value is -1.61. The number of hydrazine groups is 1. The molecule has 0 saturated heterocycles. The standard InChI is InChI=1S/C14H18N2O/c1-3-11-4-6-12(7-5-11)8-13-10(2)15-16-14(13)9-17/h4-7,9,14-16H,3,8H2,1-2H3. The van der Waals surface area contributed by atoms with E-state index in [-0.39, 0.29) is 6.04 Å². The summed E-state index contributed by atoms with van der Waals surface area (Å²) in [5, 5.41) is 0. The Morgan fingerprint density at radius 1 is 1.24 bits per heavy atom. The van der Waals surface area contributed by atoms with Crippen molar-refractivity contribution in [2.45, 2.75) is 32.7 Å². The van der Waals surface area contributed by atoms with Crippen molar-refractivity contribution in [1.29, 1.82) is 0 Å². The van der Waals surface area contributed by atoms with Gasteiger partial charge in [0.2, 0.25) is 0 Å². The van der Waals surface area contributed by atoms with Crippen LogP contribution in [0.4, 0.5) is 0 Å². The van der Waals surface area contributed by atoms with Crippen LogP contribution in [0.3, 0.4) is 0 Å². The molecule has 17 heavy (non-hydrogen) atoms. The maximum absolute atomic E-state index is 10.9. The predicted molar refractivity (Wildman–Crippen MR) is 68.3 cm³/mol. The first-order valence-corrected chi connectivity index (χ1v) is 5.99. The molecule has 0 bridgehead atoms. The predicted octanol–water partition coefficient (Wildman–Crippen LogP) is 1.74. The molecule has 0 fully saturated rings. The molecule has 1 aromatic carbocycles. The van der Waals surface area contributed by atoms with Gasteiger partial charge in [0.1, 0.15) is 12.3 Å². The highest BCUT2D eigenvalue weighted by Crippen LogP contribution is 2.17. The number of allylic oxidation sites excluding steroid dienone is 1. The molecule has 1 aromatic rings. The Kier molecular flexibility index (Phi) is 3.59. The van der Waals surface area contributed by atoms with E-state index in [1.807, 2.05) is 6.92 Å². The summed E-state index contributed by atoms with van der Waals surface area (Å²) in [6.07, 6.45) is 2.82. The van der Waals surface area contributed by atoms with Crippen LogP contribution in [-0.2, 0) is 17.6 Å².